The van der Waals surface area contributed by atoms with E-state index in [9.17, 15) is 9.90 Å². The summed E-state index contributed by atoms with van der Waals surface area (Å²) in [5.74, 6) is 1.30. The molecule has 2 aromatic rings. The van der Waals surface area contributed by atoms with E-state index >= 15 is 0 Å². The molecule has 2 saturated carbocycles. The number of likely N-dealkylation sites (tertiary alicyclic amines) is 3. The Kier molecular flexibility index (Phi) is 4.93. The molecule has 37 heavy (non-hydrogen) atoms. The van der Waals surface area contributed by atoms with Crippen LogP contribution >= 0.6 is 0 Å². The summed E-state index contributed by atoms with van der Waals surface area (Å²) in [6.07, 6.45) is 8.28. The molecule has 5 heteroatoms. The monoisotopic (exact) mass is 497 g/mol. The predicted octanol–water partition coefficient (Wildman–Crippen LogP) is 4.18. The zero-order valence-electron chi connectivity index (χ0n) is 21.8. The van der Waals surface area contributed by atoms with Crippen molar-refractivity contribution in [3.05, 3.63) is 65.2 Å². The molecule has 0 radical (unpaired) electrons. The summed E-state index contributed by atoms with van der Waals surface area (Å²) in [6.45, 7) is 6.71. The van der Waals surface area contributed by atoms with E-state index in [-0.39, 0.29) is 16.7 Å². The third-order valence-corrected chi connectivity index (χ3v) is 11.7. The van der Waals surface area contributed by atoms with Crippen LogP contribution in [0.2, 0.25) is 0 Å². The van der Waals surface area contributed by atoms with Gasteiger partial charge in [0.05, 0.1) is 0 Å². The SMILES string of the molecule is O=C1[C@H]2CC34CCC(C2C32CCN(CCN3CCCC3)C4Cc3ccc(O)cc32)N1Cc1ccccc1. The van der Waals surface area contributed by atoms with Crippen LogP contribution in [-0.4, -0.2) is 70.5 Å². The highest BCUT2D eigenvalue weighted by atomic mass is 16.3. The van der Waals surface area contributed by atoms with E-state index in [1.165, 1.54) is 55.6 Å². The van der Waals surface area contributed by atoms with Gasteiger partial charge in [-0.1, -0.05) is 36.4 Å². The lowest BCUT2D eigenvalue weighted by Crippen LogP contribution is -2.70. The Morgan fingerprint density at radius 3 is 2.65 bits per heavy atom. The summed E-state index contributed by atoms with van der Waals surface area (Å²) in [5, 5.41) is 10.7. The second-order valence-electron chi connectivity index (χ2n) is 12.9. The normalized spacial score (nSPS) is 38.2. The summed E-state index contributed by atoms with van der Waals surface area (Å²) < 4.78 is 0. The highest BCUT2D eigenvalue weighted by molar-refractivity contribution is 5.84. The van der Waals surface area contributed by atoms with E-state index in [1.807, 2.05) is 6.07 Å². The molecule has 5 fully saturated rings. The van der Waals surface area contributed by atoms with Gasteiger partial charge in [-0.2, -0.15) is 0 Å². The number of phenolic OH excluding ortho intramolecular Hbond substituents is 1. The van der Waals surface area contributed by atoms with Crippen LogP contribution in [0.4, 0.5) is 0 Å². The molecule has 2 aromatic carbocycles. The van der Waals surface area contributed by atoms with E-state index in [2.05, 4.69) is 57.2 Å². The smallest absolute Gasteiger partial charge is 0.226 e. The number of phenols is 1. The second kappa shape index (κ2) is 8.07. The molecule has 3 aliphatic heterocycles. The summed E-state index contributed by atoms with van der Waals surface area (Å²) in [6, 6.07) is 17.6. The average molecular weight is 498 g/mol. The molecule has 8 rings (SSSR count). The third-order valence-electron chi connectivity index (χ3n) is 11.7. The molecular formula is C32H39N3O2. The lowest BCUT2D eigenvalue weighted by molar-refractivity contribution is -0.138. The van der Waals surface area contributed by atoms with Crippen LogP contribution in [0.25, 0.3) is 0 Å². The maximum absolute atomic E-state index is 14.1. The Labute approximate surface area is 220 Å². The van der Waals surface area contributed by atoms with Crippen molar-refractivity contribution in [2.24, 2.45) is 17.3 Å². The first kappa shape index (κ1) is 22.6. The molecular weight excluding hydrogens is 458 g/mol. The predicted molar refractivity (Wildman–Crippen MR) is 143 cm³/mol. The van der Waals surface area contributed by atoms with Crippen LogP contribution in [-0.2, 0) is 23.2 Å². The van der Waals surface area contributed by atoms with Gasteiger partial charge in [0.1, 0.15) is 5.75 Å². The quantitative estimate of drug-likeness (QED) is 0.673. The molecule has 6 atom stereocenters. The lowest BCUT2D eigenvalue weighted by Gasteiger charge is -2.66. The zero-order valence-corrected chi connectivity index (χ0v) is 21.8. The number of aromatic hydroxyl groups is 1. The molecule has 6 aliphatic rings. The fraction of sp³-hybridized carbons (Fsp3) is 0.594. The number of carbonyl (C=O) groups excluding carboxylic acids is 1. The van der Waals surface area contributed by atoms with Gasteiger partial charge in [-0.3, -0.25) is 9.69 Å². The molecule has 3 aliphatic carbocycles. The van der Waals surface area contributed by atoms with E-state index < -0.39 is 0 Å². The van der Waals surface area contributed by atoms with E-state index in [4.69, 9.17) is 0 Å². The Bertz CT molecular complexity index is 1230. The Balaban J connectivity index is 1.20. The van der Waals surface area contributed by atoms with Gasteiger partial charge < -0.3 is 14.9 Å². The number of carbonyl (C=O) groups is 1. The highest BCUT2D eigenvalue weighted by Gasteiger charge is 2.77. The largest absolute Gasteiger partial charge is 0.508 e. The minimum atomic E-state index is 0.0167. The number of hydrogen-bond acceptors (Lipinski definition) is 4. The van der Waals surface area contributed by atoms with Crippen LogP contribution < -0.4 is 0 Å². The molecule has 4 bridgehead atoms. The first-order valence-corrected chi connectivity index (χ1v) is 14.7. The molecule has 5 unspecified atom stereocenters. The lowest BCUT2D eigenvalue weighted by atomic mass is 9.43. The molecule has 5 nitrogen and oxygen atoms in total. The summed E-state index contributed by atoms with van der Waals surface area (Å²) in [5.41, 5.74) is 4.25. The number of piperidine rings is 1. The number of benzene rings is 2. The maximum Gasteiger partial charge on any atom is 0.226 e. The number of rotatable bonds is 5. The van der Waals surface area contributed by atoms with Crippen LogP contribution in [0.15, 0.2) is 48.5 Å². The number of fused-ring (bicyclic) bond motifs is 1. The third kappa shape index (κ3) is 2.96. The van der Waals surface area contributed by atoms with Crippen molar-refractivity contribution in [1.29, 1.82) is 0 Å². The van der Waals surface area contributed by atoms with Crippen LogP contribution in [0.1, 0.15) is 55.2 Å². The molecule has 3 heterocycles. The van der Waals surface area contributed by atoms with Crippen LogP contribution in [0.5, 0.6) is 5.75 Å². The van der Waals surface area contributed by atoms with Gasteiger partial charge in [0, 0.05) is 49.0 Å². The van der Waals surface area contributed by atoms with Gasteiger partial charge in [-0.15, -0.1) is 0 Å². The van der Waals surface area contributed by atoms with Crippen LogP contribution in [0.3, 0.4) is 0 Å². The van der Waals surface area contributed by atoms with E-state index in [0.717, 1.165) is 45.3 Å². The van der Waals surface area contributed by atoms with Gasteiger partial charge >= 0.3 is 0 Å². The summed E-state index contributed by atoms with van der Waals surface area (Å²) >= 11 is 0. The van der Waals surface area contributed by atoms with Crippen molar-refractivity contribution in [2.75, 3.05) is 32.7 Å². The highest BCUT2D eigenvalue weighted by Crippen LogP contribution is 2.75. The number of hydrogen-bond donors (Lipinski definition) is 1. The molecule has 1 amide bonds. The minimum Gasteiger partial charge on any atom is -0.508 e. The molecule has 1 N–H and O–H groups in total. The first-order chi connectivity index (χ1) is 18.1. The van der Waals surface area contributed by atoms with Crippen molar-refractivity contribution in [3.8, 4) is 5.75 Å². The topological polar surface area (TPSA) is 47.0 Å². The van der Waals surface area contributed by atoms with Gasteiger partial charge in [-0.05, 0) is 98.8 Å². The van der Waals surface area contributed by atoms with Crippen molar-refractivity contribution in [3.63, 3.8) is 0 Å². The van der Waals surface area contributed by atoms with E-state index in [1.54, 1.807) is 0 Å². The first-order valence-electron chi connectivity index (χ1n) is 14.7. The number of nitrogens with zero attached hydrogens (tertiary/aromatic N) is 3. The maximum atomic E-state index is 14.1. The van der Waals surface area contributed by atoms with Crippen molar-refractivity contribution < 1.29 is 9.90 Å². The summed E-state index contributed by atoms with van der Waals surface area (Å²) in [7, 11) is 0. The van der Waals surface area contributed by atoms with Gasteiger partial charge in [-0.25, -0.2) is 0 Å². The fourth-order valence-electron chi connectivity index (χ4n) is 10.5. The van der Waals surface area contributed by atoms with Crippen LogP contribution in [0, 0.1) is 17.3 Å². The molecule has 0 aromatic heterocycles. The standard InChI is InChI=1S/C32H39N3O2/c36-24-9-8-23-18-28-31-11-10-27-29(25(20-31)30(37)35(27)21-22-6-2-1-3-7-22)32(31,26(23)19-24)12-15-34(28)17-16-33-13-4-5-14-33/h1-3,6-9,19,25,27-29,36H,4-5,10-18,20-21H2/t25-,27?,28?,29?,31?,32?/m0/s1. The Hall–Kier alpha value is -2.37. The van der Waals surface area contributed by atoms with Gasteiger partial charge in [0.15, 0.2) is 0 Å². The van der Waals surface area contributed by atoms with Gasteiger partial charge in [0.2, 0.25) is 5.91 Å². The second-order valence-corrected chi connectivity index (χ2v) is 12.9. The molecule has 3 saturated heterocycles. The Morgan fingerprint density at radius 2 is 1.81 bits per heavy atom. The average Bonchev–Trinajstić information content (AvgIpc) is 3.57. The Morgan fingerprint density at radius 1 is 0.973 bits per heavy atom. The van der Waals surface area contributed by atoms with E-state index in [0.29, 0.717) is 29.7 Å². The fourth-order valence-corrected chi connectivity index (χ4v) is 10.5. The van der Waals surface area contributed by atoms with Crippen molar-refractivity contribution >= 4 is 5.91 Å². The van der Waals surface area contributed by atoms with Crippen molar-refractivity contribution in [1.82, 2.24) is 14.7 Å². The molecule has 0 spiro atoms. The van der Waals surface area contributed by atoms with Gasteiger partial charge in [0.25, 0.3) is 0 Å². The minimum absolute atomic E-state index is 0.0167. The summed E-state index contributed by atoms with van der Waals surface area (Å²) in [4.78, 5) is 21.9. The number of amides is 1. The van der Waals surface area contributed by atoms with Crippen molar-refractivity contribution in [2.45, 2.75) is 69.0 Å². The molecule has 194 valence electrons. The zero-order chi connectivity index (χ0) is 24.8.